The van der Waals surface area contributed by atoms with Crippen molar-refractivity contribution in [2.75, 3.05) is 11.9 Å². The van der Waals surface area contributed by atoms with Crippen molar-refractivity contribution < 1.29 is 0 Å². The van der Waals surface area contributed by atoms with Gasteiger partial charge in [0.05, 0.1) is 0 Å². The molecule has 1 aromatic rings. The summed E-state index contributed by atoms with van der Waals surface area (Å²) in [6.07, 6.45) is 1.12. The number of benzene rings is 1. The molecule has 0 aromatic heterocycles. The van der Waals surface area contributed by atoms with Crippen molar-refractivity contribution in [3.8, 4) is 0 Å². The van der Waals surface area contributed by atoms with Gasteiger partial charge >= 0.3 is 0 Å². The molecule has 0 unspecified atom stereocenters. The number of hydrogen-bond donors (Lipinski definition) is 1. The maximum Gasteiger partial charge on any atom is 0.0379 e. The molecule has 0 saturated carbocycles. The van der Waals surface area contributed by atoms with Gasteiger partial charge in [0, 0.05) is 35.3 Å². The minimum atomic E-state index is 0.178. The first-order chi connectivity index (χ1) is 8.77. The van der Waals surface area contributed by atoms with E-state index in [1.54, 1.807) is 0 Å². The molecule has 0 bridgehead atoms. The van der Waals surface area contributed by atoms with E-state index >= 15 is 0 Å². The van der Waals surface area contributed by atoms with Gasteiger partial charge in [-0.15, -0.1) is 0 Å². The van der Waals surface area contributed by atoms with Crippen LogP contribution in [0, 0.1) is 0 Å². The van der Waals surface area contributed by atoms with Gasteiger partial charge in [0.15, 0.2) is 0 Å². The maximum absolute atomic E-state index is 3.69. The number of halogens is 1. The molecule has 1 N–H and O–H groups in total. The molecule has 0 spiro atoms. The average molecular weight is 327 g/mol. The van der Waals surface area contributed by atoms with Crippen LogP contribution in [0.4, 0.5) is 5.69 Å². The lowest BCUT2D eigenvalue weighted by Crippen LogP contribution is -2.40. The minimum absolute atomic E-state index is 0.178. The lowest BCUT2D eigenvalue weighted by atomic mass is 9.99. The number of nitrogens with one attached hydrogen (secondary N) is 1. The topological polar surface area (TPSA) is 15.3 Å². The summed E-state index contributed by atoms with van der Waals surface area (Å²) < 4.78 is 1.18. The van der Waals surface area contributed by atoms with Crippen molar-refractivity contribution >= 4 is 21.6 Å². The summed E-state index contributed by atoms with van der Waals surface area (Å²) in [5.74, 6) is 0. The van der Waals surface area contributed by atoms with Crippen LogP contribution < -0.4 is 10.2 Å². The Bertz CT molecular complexity index is 413. The Hall–Kier alpha value is -0.540. The Labute approximate surface area is 126 Å². The Balaban J connectivity index is 2.87. The van der Waals surface area contributed by atoms with Crippen molar-refractivity contribution in [3.63, 3.8) is 0 Å². The Morgan fingerprint density at radius 1 is 1.32 bits per heavy atom. The van der Waals surface area contributed by atoms with E-state index in [0.717, 1.165) is 13.0 Å². The first-order valence-corrected chi connectivity index (χ1v) is 7.83. The molecule has 0 saturated heterocycles. The number of hydrogen-bond acceptors (Lipinski definition) is 2. The molecule has 0 fully saturated rings. The summed E-state index contributed by atoms with van der Waals surface area (Å²) in [5, 5.41) is 3.45. The molecular formula is C16H27BrN2. The predicted molar refractivity (Wildman–Crippen MR) is 88.9 cm³/mol. The molecule has 0 aliphatic heterocycles. The second-order valence-corrected chi connectivity index (χ2v) is 6.89. The number of nitrogens with zero attached hydrogens (tertiary/aromatic N) is 1. The van der Waals surface area contributed by atoms with Gasteiger partial charge in [-0.05, 0) is 38.0 Å². The zero-order valence-electron chi connectivity index (χ0n) is 13.0. The van der Waals surface area contributed by atoms with E-state index in [9.17, 15) is 0 Å². The molecule has 0 radical (unpaired) electrons. The predicted octanol–water partition coefficient (Wildman–Crippen LogP) is 4.57. The van der Waals surface area contributed by atoms with E-state index < -0.39 is 0 Å². The van der Waals surface area contributed by atoms with Gasteiger partial charge in [0.1, 0.15) is 0 Å². The molecule has 0 aliphatic rings. The van der Waals surface area contributed by atoms with Crippen molar-refractivity contribution in [1.29, 1.82) is 0 Å². The molecule has 2 nitrogen and oxygen atoms in total. The molecule has 1 aromatic carbocycles. The first-order valence-electron chi connectivity index (χ1n) is 7.03. The second-order valence-electron chi connectivity index (χ2n) is 6.04. The van der Waals surface area contributed by atoms with Gasteiger partial charge in [-0.1, -0.05) is 42.8 Å². The normalized spacial score (nSPS) is 12.0. The zero-order chi connectivity index (χ0) is 14.6. The Kier molecular flexibility index (Phi) is 5.87. The Morgan fingerprint density at radius 2 is 1.95 bits per heavy atom. The molecule has 0 amide bonds. The zero-order valence-corrected chi connectivity index (χ0v) is 14.6. The molecule has 1 rings (SSSR count). The fraction of sp³-hybridized carbons (Fsp3) is 0.625. The van der Waals surface area contributed by atoms with Crippen LogP contribution >= 0.6 is 15.9 Å². The van der Waals surface area contributed by atoms with Gasteiger partial charge in [0.25, 0.3) is 0 Å². The van der Waals surface area contributed by atoms with Crippen molar-refractivity contribution in [3.05, 3.63) is 28.2 Å². The maximum atomic E-state index is 3.69. The average Bonchev–Trinajstić information content (AvgIpc) is 2.36. The van der Waals surface area contributed by atoms with Crippen LogP contribution in [0.3, 0.4) is 0 Å². The van der Waals surface area contributed by atoms with E-state index in [2.05, 4.69) is 86.0 Å². The van der Waals surface area contributed by atoms with E-state index in [0.29, 0.717) is 6.04 Å². The molecule has 0 aliphatic carbocycles. The highest BCUT2D eigenvalue weighted by Gasteiger charge is 2.21. The summed E-state index contributed by atoms with van der Waals surface area (Å²) >= 11 is 3.69. The summed E-state index contributed by atoms with van der Waals surface area (Å²) in [7, 11) is 2.16. The third kappa shape index (κ3) is 4.50. The summed E-state index contributed by atoms with van der Waals surface area (Å²) in [4.78, 5) is 2.34. The largest absolute Gasteiger partial charge is 0.369 e. The molecule has 19 heavy (non-hydrogen) atoms. The third-order valence-corrected chi connectivity index (χ3v) is 4.64. The van der Waals surface area contributed by atoms with Gasteiger partial charge in [-0.3, -0.25) is 0 Å². The van der Waals surface area contributed by atoms with Gasteiger partial charge in [-0.25, -0.2) is 0 Å². The molecule has 0 heterocycles. The standard InChI is InChI=1S/C16H27BrN2/c1-7-16(4,5)19(6)14-9-8-13(15(17)10-14)11-18-12(2)3/h8-10,12,18H,7,11H2,1-6H3. The van der Waals surface area contributed by atoms with Crippen LogP contribution in [0.1, 0.15) is 46.6 Å². The molecule has 3 heteroatoms. The van der Waals surface area contributed by atoms with Crippen LogP contribution in [-0.4, -0.2) is 18.6 Å². The van der Waals surface area contributed by atoms with Crippen molar-refractivity contribution in [2.45, 2.75) is 59.2 Å². The SMILES string of the molecule is CCC(C)(C)N(C)c1ccc(CNC(C)C)c(Br)c1. The van der Waals surface area contributed by atoms with Crippen LogP contribution in [0.15, 0.2) is 22.7 Å². The molecule has 108 valence electrons. The van der Waals surface area contributed by atoms with Crippen LogP contribution in [-0.2, 0) is 6.54 Å². The van der Waals surface area contributed by atoms with E-state index in [1.165, 1.54) is 15.7 Å². The second kappa shape index (κ2) is 6.76. The number of rotatable bonds is 6. The quantitative estimate of drug-likeness (QED) is 0.823. The van der Waals surface area contributed by atoms with Crippen molar-refractivity contribution in [1.82, 2.24) is 5.32 Å². The highest BCUT2D eigenvalue weighted by molar-refractivity contribution is 9.10. The van der Waals surface area contributed by atoms with Crippen LogP contribution in [0.25, 0.3) is 0 Å². The summed E-state index contributed by atoms with van der Waals surface area (Å²) in [5.41, 5.74) is 2.74. The summed E-state index contributed by atoms with van der Waals surface area (Å²) in [6, 6.07) is 7.14. The Morgan fingerprint density at radius 3 is 2.42 bits per heavy atom. The van der Waals surface area contributed by atoms with E-state index in [4.69, 9.17) is 0 Å². The monoisotopic (exact) mass is 326 g/mol. The highest BCUT2D eigenvalue weighted by atomic mass is 79.9. The van der Waals surface area contributed by atoms with E-state index in [-0.39, 0.29) is 5.54 Å². The fourth-order valence-corrected chi connectivity index (χ4v) is 2.30. The van der Waals surface area contributed by atoms with Crippen molar-refractivity contribution in [2.24, 2.45) is 0 Å². The van der Waals surface area contributed by atoms with E-state index in [1.807, 2.05) is 0 Å². The van der Waals surface area contributed by atoms with Crippen LogP contribution in [0.2, 0.25) is 0 Å². The lowest BCUT2D eigenvalue weighted by molar-refractivity contribution is 0.470. The fourth-order valence-electron chi connectivity index (χ4n) is 1.79. The third-order valence-electron chi connectivity index (χ3n) is 3.90. The summed E-state index contributed by atoms with van der Waals surface area (Å²) in [6.45, 7) is 12.0. The smallest absolute Gasteiger partial charge is 0.0379 e. The van der Waals surface area contributed by atoms with Crippen LogP contribution in [0.5, 0.6) is 0 Å². The minimum Gasteiger partial charge on any atom is -0.369 e. The van der Waals surface area contributed by atoms with Gasteiger partial charge in [-0.2, -0.15) is 0 Å². The highest BCUT2D eigenvalue weighted by Crippen LogP contribution is 2.29. The molecule has 0 atom stereocenters. The lowest BCUT2D eigenvalue weighted by Gasteiger charge is -2.37. The molecular weight excluding hydrogens is 300 g/mol. The number of anilines is 1. The van der Waals surface area contributed by atoms with Gasteiger partial charge < -0.3 is 10.2 Å². The first kappa shape index (κ1) is 16.5. The van der Waals surface area contributed by atoms with Gasteiger partial charge in [0.2, 0.25) is 0 Å².